The molecular formula is C26H48Cl2N2Ti-2. The van der Waals surface area contributed by atoms with Gasteiger partial charge in [0.15, 0.2) is 0 Å². The van der Waals surface area contributed by atoms with Crippen LogP contribution in [-0.2, 0) is 17.0 Å². The normalized spacial score (nSPS) is 36.1. The molecule has 0 heterocycles. The summed E-state index contributed by atoms with van der Waals surface area (Å²) in [5.41, 5.74) is 0. The molecule has 0 aromatic rings. The van der Waals surface area contributed by atoms with E-state index in [0.717, 1.165) is 23.7 Å². The summed E-state index contributed by atoms with van der Waals surface area (Å²) in [6.45, 7) is 9.68. The minimum absolute atomic E-state index is 0.530. The number of hydrogen-bond acceptors (Lipinski definition) is 0. The van der Waals surface area contributed by atoms with Crippen molar-refractivity contribution in [3.63, 3.8) is 0 Å². The predicted molar refractivity (Wildman–Crippen MR) is 135 cm³/mol. The van der Waals surface area contributed by atoms with Gasteiger partial charge in [0.05, 0.1) is 0 Å². The van der Waals surface area contributed by atoms with Gasteiger partial charge < -0.3 is 10.6 Å². The number of halogens is 2. The fourth-order valence-electron chi connectivity index (χ4n) is 6.51. The summed E-state index contributed by atoms with van der Waals surface area (Å²) in [4.78, 5) is 0. The Morgan fingerprint density at radius 2 is 0.903 bits per heavy atom. The second-order valence-corrected chi connectivity index (χ2v) is 13.2. The zero-order chi connectivity index (χ0) is 22.6. The van der Waals surface area contributed by atoms with Crippen LogP contribution in [0, 0.1) is 23.7 Å². The van der Waals surface area contributed by atoms with Gasteiger partial charge in [-0.3, -0.25) is 0 Å². The first-order chi connectivity index (χ1) is 15.0. The van der Waals surface area contributed by atoms with Gasteiger partial charge in [0, 0.05) is 0 Å². The molecule has 8 unspecified atom stereocenters. The van der Waals surface area contributed by atoms with Gasteiger partial charge in [-0.2, -0.15) is 12.1 Å². The maximum absolute atomic E-state index is 5.59. The van der Waals surface area contributed by atoms with E-state index in [9.17, 15) is 0 Å². The molecule has 0 bridgehead atoms. The first kappa shape index (κ1) is 28.5. The van der Waals surface area contributed by atoms with E-state index in [1.165, 1.54) is 89.9 Å². The van der Waals surface area contributed by atoms with Gasteiger partial charge in [-0.15, -0.1) is 12.1 Å². The zero-order valence-electron chi connectivity index (χ0n) is 20.7. The van der Waals surface area contributed by atoms with E-state index >= 15 is 0 Å². The second-order valence-electron chi connectivity index (χ2n) is 10.6. The summed E-state index contributed by atoms with van der Waals surface area (Å²) in [5.74, 6) is 3.34. The Morgan fingerprint density at radius 1 is 0.613 bits per heavy atom. The van der Waals surface area contributed by atoms with Crippen molar-refractivity contribution in [1.29, 1.82) is 0 Å². The first-order valence-corrected chi connectivity index (χ1v) is 17.7. The van der Waals surface area contributed by atoms with Crippen LogP contribution in [0.5, 0.6) is 0 Å². The Balaban J connectivity index is 0.00000107. The Bertz CT molecular complexity index is 427. The van der Waals surface area contributed by atoms with Crippen molar-refractivity contribution in [3.8, 4) is 0 Å². The van der Waals surface area contributed by atoms with E-state index in [2.05, 4.69) is 27.7 Å². The van der Waals surface area contributed by atoms with Gasteiger partial charge in [0.2, 0.25) is 0 Å². The van der Waals surface area contributed by atoms with E-state index in [-0.39, 0.29) is 0 Å². The summed E-state index contributed by atoms with van der Waals surface area (Å²) in [5, 5.41) is 11.2. The van der Waals surface area contributed by atoms with Gasteiger partial charge in [0.25, 0.3) is 0 Å². The van der Waals surface area contributed by atoms with Crippen LogP contribution >= 0.6 is 18.6 Å². The molecule has 0 amide bonds. The third-order valence-electron chi connectivity index (χ3n) is 8.77. The average molecular weight is 507 g/mol. The molecule has 0 radical (unpaired) electrons. The van der Waals surface area contributed by atoms with Crippen molar-refractivity contribution in [2.75, 3.05) is 0 Å². The van der Waals surface area contributed by atoms with Gasteiger partial charge in [-0.25, -0.2) is 0 Å². The van der Waals surface area contributed by atoms with Crippen molar-refractivity contribution >= 4 is 18.6 Å². The molecule has 5 heteroatoms. The van der Waals surface area contributed by atoms with Crippen LogP contribution < -0.4 is 0 Å². The molecule has 0 spiro atoms. The van der Waals surface area contributed by atoms with E-state index in [0.29, 0.717) is 24.2 Å². The van der Waals surface area contributed by atoms with E-state index in [1.54, 1.807) is 0 Å². The van der Waals surface area contributed by atoms with E-state index in [4.69, 9.17) is 29.2 Å². The number of hydrogen-bond donors (Lipinski definition) is 0. The molecule has 31 heavy (non-hydrogen) atoms. The molecule has 3 fully saturated rings. The first-order valence-electron chi connectivity index (χ1n) is 13.4. The van der Waals surface area contributed by atoms with Gasteiger partial charge in [0.1, 0.15) is 0 Å². The minimum atomic E-state index is -0.556. The van der Waals surface area contributed by atoms with Crippen LogP contribution in [0.25, 0.3) is 10.6 Å². The molecule has 3 saturated carbocycles. The Hall–Kier alpha value is 1.21. The zero-order valence-corrected chi connectivity index (χ0v) is 23.7. The SMILES string of the molecule is CCC(C)C1CCCCC1[N-]C1CCCCC1[N-]C1CCCCC1C(C)CC.[Cl][Ti][Cl]. The number of nitrogens with zero attached hydrogens (tertiary/aromatic N) is 2. The van der Waals surface area contributed by atoms with Crippen LogP contribution in [0.3, 0.4) is 0 Å². The van der Waals surface area contributed by atoms with E-state index < -0.39 is 17.0 Å². The van der Waals surface area contributed by atoms with Crippen LogP contribution in [-0.4, -0.2) is 24.2 Å². The number of rotatable bonds is 8. The quantitative estimate of drug-likeness (QED) is 0.293. The van der Waals surface area contributed by atoms with Crippen molar-refractivity contribution in [1.82, 2.24) is 0 Å². The maximum atomic E-state index is 5.59. The van der Waals surface area contributed by atoms with Crippen LogP contribution in [0.2, 0.25) is 0 Å². The van der Waals surface area contributed by atoms with Crippen molar-refractivity contribution in [2.45, 2.75) is 142 Å². The van der Waals surface area contributed by atoms with Crippen LogP contribution in [0.4, 0.5) is 0 Å². The van der Waals surface area contributed by atoms with Crippen LogP contribution in [0.15, 0.2) is 0 Å². The fourth-order valence-corrected chi connectivity index (χ4v) is 6.51. The molecule has 8 atom stereocenters. The van der Waals surface area contributed by atoms with Crippen LogP contribution in [0.1, 0.15) is 118 Å². The third kappa shape index (κ3) is 9.06. The van der Waals surface area contributed by atoms with Crippen molar-refractivity contribution in [2.24, 2.45) is 23.7 Å². The standard InChI is InChI=1S/C26H48N2.2ClH.Ti/c1-5-19(3)21-13-7-9-15-23(21)27-25-17-11-12-18-26(25)28-24-16-10-8-14-22(24)20(4)6-2;;;/h19-26H,5-18H2,1-4H3;2*1H;/q-2;;;+2/p-2. The molecule has 2 nitrogen and oxygen atoms in total. The molecule has 0 aromatic carbocycles. The summed E-state index contributed by atoms with van der Waals surface area (Å²) in [6, 6.07) is 2.31. The average Bonchev–Trinajstić information content (AvgIpc) is 2.80. The Morgan fingerprint density at radius 3 is 1.23 bits per heavy atom. The van der Waals surface area contributed by atoms with Gasteiger partial charge in [-0.05, 0) is 11.8 Å². The summed E-state index contributed by atoms with van der Waals surface area (Å²) >= 11 is -0.556. The van der Waals surface area contributed by atoms with Gasteiger partial charge in [-0.1, -0.05) is 129 Å². The second kappa shape index (κ2) is 16.0. The molecule has 182 valence electrons. The molecule has 3 aliphatic rings. The third-order valence-corrected chi connectivity index (χ3v) is 8.77. The summed E-state index contributed by atoms with van der Waals surface area (Å²) in [6.07, 6.45) is 19.2. The summed E-state index contributed by atoms with van der Waals surface area (Å²) in [7, 11) is 9.78. The molecule has 0 N–H and O–H groups in total. The predicted octanol–water partition coefficient (Wildman–Crippen LogP) is 9.63. The molecular weight excluding hydrogens is 459 g/mol. The molecule has 0 aromatic heterocycles. The Kier molecular flexibility index (Phi) is 14.7. The molecule has 3 aliphatic carbocycles. The van der Waals surface area contributed by atoms with Crippen molar-refractivity contribution < 1.29 is 17.0 Å². The monoisotopic (exact) mass is 506 g/mol. The Labute approximate surface area is 210 Å². The summed E-state index contributed by atoms with van der Waals surface area (Å²) < 4.78 is 0. The molecule has 0 saturated heterocycles. The van der Waals surface area contributed by atoms with Gasteiger partial charge >= 0.3 is 35.6 Å². The molecule has 3 rings (SSSR count). The van der Waals surface area contributed by atoms with E-state index in [1.807, 2.05) is 0 Å². The van der Waals surface area contributed by atoms with Crippen molar-refractivity contribution in [3.05, 3.63) is 10.6 Å². The topological polar surface area (TPSA) is 28.2 Å². The fraction of sp³-hybridized carbons (Fsp3) is 1.00. The molecule has 0 aliphatic heterocycles.